The van der Waals surface area contributed by atoms with Crippen molar-refractivity contribution in [3.8, 4) is 5.88 Å². The maximum atomic E-state index is 11.5. The van der Waals surface area contributed by atoms with E-state index in [1.54, 1.807) is 6.07 Å². The maximum absolute atomic E-state index is 11.5. The molecule has 0 unspecified atom stereocenters. The van der Waals surface area contributed by atoms with Crippen LogP contribution in [0.5, 0.6) is 5.88 Å². The highest BCUT2D eigenvalue weighted by Gasteiger charge is 2.18. The van der Waals surface area contributed by atoms with Gasteiger partial charge in [0, 0.05) is 24.6 Å². The number of aromatic hydroxyl groups is 1. The number of nitro groups is 1. The van der Waals surface area contributed by atoms with Crippen molar-refractivity contribution in [2.24, 2.45) is 0 Å². The molecule has 1 aromatic carbocycles. The Kier molecular flexibility index (Phi) is 6.36. The fraction of sp³-hybridized carbons (Fsp3) is 0.188. The molecule has 26 heavy (non-hydrogen) atoms. The van der Waals surface area contributed by atoms with E-state index in [9.17, 15) is 24.8 Å². The van der Waals surface area contributed by atoms with E-state index in [0.717, 1.165) is 11.3 Å². The van der Waals surface area contributed by atoms with Crippen molar-refractivity contribution in [3.63, 3.8) is 0 Å². The minimum absolute atomic E-state index is 0.0292. The van der Waals surface area contributed by atoms with Crippen molar-refractivity contribution in [1.82, 2.24) is 4.57 Å². The molecule has 0 fully saturated rings. The molecule has 1 aromatic heterocycles. The van der Waals surface area contributed by atoms with Gasteiger partial charge in [-0.2, -0.15) is 0 Å². The second-order valence-corrected chi connectivity index (χ2v) is 6.87. The van der Waals surface area contributed by atoms with Crippen LogP contribution in [0.1, 0.15) is 23.3 Å². The number of para-hydroxylation sites is 1. The van der Waals surface area contributed by atoms with Gasteiger partial charge in [0.25, 0.3) is 5.69 Å². The molecule has 0 bridgehead atoms. The molecule has 136 valence electrons. The summed E-state index contributed by atoms with van der Waals surface area (Å²) in [5.74, 6) is -1.16. The molecule has 0 saturated carbocycles. The molecule has 2 N–H and O–H groups in total. The molecule has 0 amide bonds. The first kappa shape index (κ1) is 19.5. The quantitative estimate of drug-likeness (QED) is 0.231. The van der Waals surface area contributed by atoms with Crippen molar-refractivity contribution in [2.45, 2.75) is 19.4 Å². The normalized spacial score (nSPS) is 11.3. The Morgan fingerprint density at radius 2 is 2.08 bits per heavy atom. The number of carboxylic acids is 1. The number of nitro benzene ring substituents is 1. The predicted octanol–water partition coefficient (Wildman–Crippen LogP) is 3.50. The van der Waals surface area contributed by atoms with Crippen molar-refractivity contribution in [1.29, 1.82) is 0 Å². The van der Waals surface area contributed by atoms with Crippen LogP contribution in [0.3, 0.4) is 0 Å². The first-order chi connectivity index (χ1) is 12.3. The highest BCUT2D eigenvalue weighted by Crippen LogP contribution is 2.32. The Morgan fingerprint density at radius 3 is 2.69 bits per heavy atom. The summed E-state index contributed by atoms with van der Waals surface area (Å²) >= 11 is 6.19. The van der Waals surface area contributed by atoms with E-state index >= 15 is 0 Å². The van der Waals surface area contributed by atoms with Crippen LogP contribution < -0.4 is 0 Å². The number of aldehydes is 1. The van der Waals surface area contributed by atoms with E-state index in [2.05, 4.69) is 0 Å². The fourth-order valence-electron chi connectivity index (χ4n) is 2.29. The number of carbonyl (C=O) groups excluding carboxylic acids is 1. The van der Waals surface area contributed by atoms with Gasteiger partial charge in [-0.25, -0.2) is 0 Å². The molecule has 0 atom stereocenters. The highest BCUT2D eigenvalue weighted by atomic mass is 32.1. The van der Waals surface area contributed by atoms with Gasteiger partial charge in [-0.05, 0) is 30.8 Å². The third-order valence-corrected chi connectivity index (χ3v) is 4.88. The zero-order valence-corrected chi connectivity index (χ0v) is 15.0. The van der Waals surface area contributed by atoms with Gasteiger partial charge in [0.05, 0.1) is 15.4 Å². The van der Waals surface area contributed by atoms with Crippen LogP contribution >= 0.6 is 23.6 Å². The van der Waals surface area contributed by atoms with Crippen LogP contribution in [0, 0.1) is 14.1 Å². The SMILES string of the molecule is O=CC(=Cc1sc(=S)n(CCCC(=O)O)c1O)c1ccccc1[N+](=O)[O-]. The second-order valence-electron chi connectivity index (χ2n) is 5.20. The van der Waals surface area contributed by atoms with E-state index < -0.39 is 10.9 Å². The number of hydrogen-bond donors (Lipinski definition) is 2. The van der Waals surface area contributed by atoms with Gasteiger partial charge in [0.2, 0.25) is 5.88 Å². The third-order valence-electron chi connectivity index (χ3n) is 3.49. The Hall–Kier alpha value is -2.85. The lowest BCUT2D eigenvalue weighted by Gasteiger charge is -2.04. The smallest absolute Gasteiger partial charge is 0.303 e. The summed E-state index contributed by atoms with van der Waals surface area (Å²) < 4.78 is 1.68. The molecule has 1 heterocycles. The first-order valence-electron chi connectivity index (χ1n) is 7.40. The van der Waals surface area contributed by atoms with Gasteiger partial charge >= 0.3 is 5.97 Å². The summed E-state index contributed by atoms with van der Waals surface area (Å²) in [6.07, 6.45) is 2.01. The van der Waals surface area contributed by atoms with Crippen LogP contribution in [-0.2, 0) is 16.1 Å². The second kappa shape index (κ2) is 8.50. The number of aliphatic carboxylic acids is 1. The molecular formula is C16H14N2O6S2. The zero-order chi connectivity index (χ0) is 19.3. The molecule has 0 aliphatic carbocycles. The van der Waals surface area contributed by atoms with Crippen molar-refractivity contribution in [2.75, 3.05) is 0 Å². The topological polar surface area (TPSA) is 123 Å². The molecule has 0 spiro atoms. The monoisotopic (exact) mass is 394 g/mol. The molecule has 10 heteroatoms. The molecule has 0 saturated heterocycles. The summed E-state index contributed by atoms with van der Waals surface area (Å²) in [6.45, 7) is 0.212. The number of thiazole rings is 1. The van der Waals surface area contributed by atoms with Crippen LogP contribution in [-0.4, -0.2) is 32.0 Å². The summed E-state index contributed by atoms with van der Waals surface area (Å²) in [5.41, 5.74) is -0.0694. The number of aromatic nitrogens is 1. The lowest BCUT2D eigenvalue weighted by molar-refractivity contribution is -0.385. The molecule has 2 aromatic rings. The van der Waals surface area contributed by atoms with Gasteiger partial charge < -0.3 is 10.2 Å². The average molecular weight is 394 g/mol. The van der Waals surface area contributed by atoms with E-state index in [1.165, 1.54) is 28.8 Å². The van der Waals surface area contributed by atoms with Crippen molar-refractivity contribution in [3.05, 3.63) is 48.8 Å². The highest BCUT2D eigenvalue weighted by molar-refractivity contribution is 7.73. The number of hydrogen-bond acceptors (Lipinski definition) is 7. The summed E-state index contributed by atoms with van der Waals surface area (Å²) in [6, 6.07) is 5.78. The van der Waals surface area contributed by atoms with Crippen LogP contribution in [0.25, 0.3) is 11.6 Å². The largest absolute Gasteiger partial charge is 0.493 e. The first-order valence-corrected chi connectivity index (χ1v) is 8.62. The number of rotatable bonds is 8. The van der Waals surface area contributed by atoms with E-state index in [4.69, 9.17) is 17.3 Å². The Balaban J connectivity index is 2.42. The van der Waals surface area contributed by atoms with E-state index in [-0.39, 0.29) is 47.0 Å². The van der Waals surface area contributed by atoms with Gasteiger partial charge in [-0.15, -0.1) is 11.3 Å². The maximum Gasteiger partial charge on any atom is 0.303 e. The minimum Gasteiger partial charge on any atom is -0.493 e. The fourth-order valence-corrected chi connectivity index (χ4v) is 3.60. The Morgan fingerprint density at radius 1 is 1.38 bits per heavy atom. The lowest BCUT2D eigenvalue weighted by atomic mass is 10.0. The zero-order valence-electron chi connectivity index (χ0n) is 13.3. The minimum atomic E-state index is -0.953. The van der Waals surface area contributed by atoms with Crippen LogP contribution in [0.4, 0.5) is 5.69 Å². The van der Waals surface area contributed by atoms with Gasteiger partial charge in [0.1, 0.15) is 0 Å². The standard InChI is InChI=1S/C16H14N2O6S2/c19-9-10(11-4-1-2-5-12(11)18(23)24)8-13-15(22)17(16(25)26-13)7-3-6-14(20)21/h1-2,4-5,8-9,22H,3,6-7H2,(H,20,21). The van der Waals surface area contributed by atoms with Crippen LogP contribution in [0.2, 0.25) is 0 Å². The van der Waals surface area contributed by atoms with E-state index in [1.807, 2.05) is 0 Å². The lowest BCUT2D eigenvalue weighted by Crippen LogP contribution is -2.01. The number of nitrogens with zero attached hydrogens (tertiary/aromatic N) is 2. The molecule has 0 aliphatic heterocycles. The van der Waals surface area contributed by atoms with Gasteiger partial charge in [-0.1, -0.05) is 12.1 Å². The number of carboxylic acid groups (broad SMARTS) is 1. The molecular weight excluding hydrogens is 380 g/mol. The number of allylic oxidation sites excluding steroid dienone is 1. The molecule has 8 nitrogen and oxygen atoms in total. The third kappa shape index (κ3) is 4.41. The average Bonchev–Trinajstić information content (AvgIpc) is 2.86. The Labute approximate surface area is 156 Å². The summed E-state index contributed by atoms with van der Waals surface area (Å²) in [4.78, 5) is 32.9. The summed E-state index contributed by atoms with van der Waals surface area (Å²) in [7, 11) is 0. The van der Waals surface area contributed by atoms with Crippen molar-refractivity contribution < 1.29 is 24.7 Å². The van der Waals surface area contributed by atoms with Crippen molar-refractivity contribution >= 4 is 53.1 Å². The Bertz CT molecular complexity index is 944. The summed E-state index contributed by atoms with van der Waals surface area (Å²) in [5, 5.41) is 30.1. The molecule has 2 rings (SSSR count). The van der Waals surface area contributed by atoms with E-state index in [0.29, 0.717) is 10.2 Å². The molecule has 0 radical (unpaired) electrons. The molecule has 0 aliphatic rings. The number of benzene rings is 1. The van der Waals surface area contributed by atoms with Crippen LogP contribution in [0.15, 0.2) is 24.3 Å². The predicted molar refractivity (Wildman–Crippen MR) is 98.7 cm³/mol. The number of carbonyl (C=O) groups is 2. The van der Waals surface area contributed by atoms with Gasteiger partial charge in [-0.3, -0.25) is 24.3 Å². The van der Waals surface area contributed by atoms with Gasteiger partial charge in [0.15, 0.2) is 10.2 Å².